The van der Waals surface area contributed by atoms with Gasteiger partial charge in [-0.3, -0.25) is 4.79 Å². The van der Waals surface area contributed by atoms with Crippen molar-refractivity contribution in [3.63, 3.8) is 0 Å². The van der Waals surface area contributed by atoms with E-state index in [0.717, 1.165) is 5.56 Å². The summed E-state index contributed by atoms with van der Waals surface area (Å²) in [5.41, 5.74) is 1.13. The molecule has 90 valence electrons. The van der Waals surface area contributed by atoms with Crippen molar-refractivity contribution in [3.05, 3.63) is 35.4 Å². The van der Waals surface area contributed by atoms with Crippen molar-refractivity contribution in [2.24, 2.45) is 0 Å². The van der Waals surface area contributed by atoms with Crippen LogP contribution in [0.2, 0.25) is 0 Å². The van der Waals surface area contributed by atoms with E-state index in [1.54, 1.807) is 25.1 Å². The van der Waals surface area contributed by atoms with Gasteiger partial charge in [0, 0.05) is 6.08 Å². The van der Waals surface area contributed by atoms with Crippen LogP contribution >= 0.6 is 0 Å². The Hall–Kier alpha value is -2.30. The highest BCUT2D eigenvalue weighted by molar-refractivity contribution is 6.38. The number of rotatable bonds is 4. The van der Waals surface area contributed by atoms with E-state index in [0.29, 0.717) is 11.8 Å². The molecule has 0 aliphatic rings. The molecule has 5 nitrogen and oxygen atoms in total. The van der Waals surface area contributed by atoms with Crippen molar-refractivity contribution in [3.8, 4) is 5.75 Å². The van der Waals surface area contributed by atoms with Gasteiger partial charge in [-0.25, -0.2) is 4.79 Å². The number of carbonyl (C=O) groups is 2. The summed E-state index contributed by atoms with van der Waals surface area (Å²) in [5, 5.41) is 18.1. The smallest absolute Gasteiger partial charge is 0.376 e. The number of hydrogen-bond acceptors (Lipinski definition) is 4. The van der Waals surface area contributed by atoms with Crippen LogP contribution < -0.4 is 4.74 Å². The van der Waals surface area contributed by atoms with Crippen molar-refractivity contribution >= 4 is 17.5 Å². The van der Waals surface area contributed by atoms with E-state index < -0.39 is 17.5 Å². The maximum Gasteiger partial charge on any atom is 0.376 e. The minimum atomic E-state index is -1.62. The molecule has 1 rings (SSSR count). The predicted octanol–water partition coefficient (Wildman–Crippen LogP) is 1.56. The third-order valence-electron chi connectivity index (χ3n) is 2.11. The second kappa shape index (κ2) is 5.16. The third-order valence-corrected chi connectivity index (χ3v) is 2.11. The van der Waals surface area contributed by atoms with Gasteiger partial charge in [-0.05, 0) is 19.1 Å². The van der Waals surface area contributed by atoms with Gasteiger partial charge in [-0.15, -0.1) is 0 Å². The van der Waals surface area contributed by atoms with E-state index in [4.69, 9.17) is 9.84 Å². The van der Waals surface area contributed by atoms with Crippen LogP contribution in [-0.2, 0) is 9.59 Å². The van der Waals surface area contributed by atoms with Crippen molar-refractivity contribution in [1.29, 1.82) is 0 Å². The Balaban J connectivity index is 3.19. The summed E-state index contributed by atoms with van der Waals surface area (Å²) in [6.07, 6.45) is 0.652. The van der Waals surface area contributed by atoms with Crippen LogP contribution in [0.5, 0.6) is 5.75 Å². The molecule has 0 bridgehead atoms. The molecule has 0 fully saturated rings. The molecule has 0 heterocycles. The van der Waals surface area contributed by atoms with Crippen LogP contribution in [0.25, 0.3) is 5.76 Å². The van der Waals surface area contributed by atoms with E-state index in [1.807, 2.05) is 0 Å². The highest BCUT2D eigenvalue weighted by atomic mass is 16.5. The number of aryl methyl sites for hydroxylation is 1. The summed E-state index contributed by atoms with van der Waals surface area (Å²) in [6, 6.07) is 4.99. The Kier molecular flexibility index (Phi) is 3.87. The largest absolute Gasteiger partial charge is 0.507 e. The van der Waals surface area contributed by atoms with Crippen LogP contribution in [0.15, 0.2) is 24.3 Å². The van der Waals surface area contributed by atoms with Gasteiger partial charge in [-0.2, -0.15) is 0 Å². The van der Waals surface area contributed by atoms with Gasteiger partial charge >= 0.3 is 5.97 Å². The summed E-state index contributed by atoms with van der Waals surface area (Å²) in [7, 11) is 1.42. The third kappa shape index (κ3) is 3.07. The minimum absolute atomic E-state index is 0.280. The second-order valence-corrected chi connectivity index (χ2v) is 3.40. The maximum atomic E-state index is 10.9. The molecule has 0 spiro atoms. The van der Waals surface area contributed by atoms with E-state index in [-0.39, 0.29) is 5.56 Å². The van der Waals surface area contributed by atoms with Crippen molar-refractivity contribution in [1.82, 2.24) is 0 Å². The average Bonchev–Trinajstić information content (AvgIpc) is 2.28. The fourth-order valence-corrected chi connectivity index (χ4v) is 1.29. The molecule has 0 saturated carbocycles. The first-order valence-corrected chi connectivity index (χ1v) is 4.78. The maximum absolute atomic E-state index is 10.9. The molecule has 1 aromatic rings. The van der Waals surface area contributed by atoms with Gasteiger partial charge in [0.25, 0.3) is 5.78 Å². The number of ether oxygens (including phenoxy) is 1. The molecule has 0 aliphatic heterocycles. The lowest BCUT2D eigenvalue weighted by atomic mass is 10.1. The molecule has 17 heavy (non-hydrogen) atoms. The first-order valence-electron chi connectivity index (χ1n) is 4.78. The monoisotopic (exact) mass is 236 g/mol. The van der Waals surface area contributed by atoms with Crippen molar-refractivity contribution in [2.45, 2.75) is 6.92 Å². The Bertz CT molecular complexity index is 488. The number of aliphatic carboxylic acids is 1. The first-order chi connectivity index (χ1) is 7.95. The van der Waals surface area contributed by atoms with Gasteiger partial charge in [0.05, 0.1) is 12.7 Å². The lowest BCUT2D eigenvalue weighted by molar-refractivity contribution is -0.146. The number of hydrogen-bond donors (Lipinski definition) is 2. The molecule has 0 aliphatic carbocycles. The number of carbonyl (C=O) groups excluding carboxylic acids is 1. The summed E-state index contributed by atoms with van der Waals surface area (Å²) < 4.78 is 5.00. The molecule has 0 unspecified atom stereocenters. The van der Waals surface area contributed by atoms with E-state index in [2.05, 4.69) is 0 Å². The van der Waals surface area contributed by atoms with Gasteiger partial charge in [0.15, 0.2) is 0 Å². The van der Waals surface area contributed by atoms with Crippen LogP contribution in [0.1, 0.15) is 11.1 Å². The highest BCUT2D eigenvalue weighted by Crippen LogP contribution is 2.25. The second-order valence-electron chi connectivity index (χ2n) is 3.40. The topological polar surface area (TPSA) is 83.8 Å². The van der Waals surface area contributed by atoms with Gasteiger partial charge in [0.2, 0.25) is 0 Å². The Labute approximate surface area is 98.0 Å². The molecule has 0 radical (unpaired) electrons. The van der Waals surface area contributed by atoms with Crippen LogP contribution in [0.4, 0.5) is 0 Å². The fourth-order valence-electron chi connectivity index (χ4n) is 1.29. The lowest BCUT2D eigenvalue weighted by Crippen LogP contribution is -2.09. The summed E-state index contributed by atoms with van der Waals surface area (Å²) in [6.45, 7) is 1.80. The zero-order chi connectivity index (χ0) is 13.0. The fraction of sp³-hybridized carbons (Fsp3) is 0.167. The van der Waals surface area contributed by atoms with Gasteiger partial charge in [0.1, 0.15) is 11.5 Å². The molecule has 5 heteroatoms. The van der Waals surface area contributed by atoms with Crippen LogP contribution in [0.3, 0.4) is 0 Å². The lowest BCUT2D eigenvalue weighted by Gasteiger charge is -2.08. The number of benzene rings is 1. The number of carboxylic acid groups (broad SMARTS) is 1. The first kappa shape index (κ1) is 12.8. The van der Waals surface area contributed by atoms with Gasteiger partial charge < -0.3 is 14.9 Å². The average molecular weight is 236 g/mol. The van der Waals surface area contributed by atoms with Crippen LogP contribution in [0, 0.1) is 6.92 Å². The van der Waals surface area contributed by atoms with Gasteiger partial charge in [-0.1, -0.05) is 11.6 Å². The molecule has 0 aromatic heterocycles. The normalized spacial score (nSPS) is 11.1. The quantitative estimate of drug-likeness (QED) is 0.471. The molecule has 0 saturated heterocycles. The Morgan fingerprint density at radius 2 is 1.94 bits per heavy atom. The molecule has 0 amide bonds. The standard InChI is InChI=1S/C12H12O5/c1-7-3-4-11(17-2)8(5-7)9(13)6-10(14)12(15)16/h3-6,13H,1-2H3,(H,15,16). The molecule has 1 aromatic carbocycles. The molecule has 2 N–H and O–H groups in total. The molecular formula is C12H12O5. The van der Waals surface area contributed by atoms with Crippen molar-refractivity contribution in [2.75, 3.05) is 7.11 Å². The SMILES string of the molecule is COc1ccc(C)cc1C(O)=CC(=O)C(=O)O. The number of aliphatic hydroxyl groups is 1. The molecular weight excluding hydrogens is 224 g/mol. The summed E-state index contributed by atoms with van der Waals surface area (Å²) in [5.74, 6) is -2.88. The van der Waals surface area contributed by atoms with E-state index >= 15 is 0 Å². The number of ketones is 1. The number of carboxylic acids is 1. The predicted molar refractivity (Wildman–Crippen MR) is 61.0 cm³/mol. The van der Waals surface area contributed by atoms with E-state index in [9.17, 15) is 14.7 Å². The van der Waals surface area contributed by atoms with E-state index in [1.165, 1.54) is 7.11 Å². The van der Waals surface area contributed by atoms with Crippen molar-refractivity contribution < 1.29 is 24.5 Å². The van der Waals surface area contributed by atoms with Crippen LogP contribution in [-0.4, -0.2) is 29.1 Å². The zero-order valence-corrected chi connectivity index (χ0v) is 9.43. The summed E-state index contributed by atoms with van der Waals surface area (Å²) in [4.78, 5) is 21.3. The Morgan fingerprint density at radius 1 is 1.29 bits per heavy atom. The molecule has 0 atom stereocenters. The minimum Gasteiger partial charge on any atom is -0.507 e. The summed E-state index contributed by atoms with van der Waals surface area (Å²) >= 11 is 0. The number of aliphatic hydroxyl groups excluding tert-OH is 1. The number of methoxy groups -OCH3 is 1. The zero-order valence-electron chi connectivity index (χ0n) is 9.43. The highest BCUT2D eigenvalue weighted by Gasteiger charge is 2.13. The Morgan fingerprint density at radius 3 is 2.47 bits per heavy atom.